The lowest BCUT2D eigenvalue weighted by atomic mass is 9.99. The minimum atomic E-state index is -1.30. The molecule has 11 heteroatoms. The van der Waals surface area contributed by atoms with E-state index in [1.807, 2.05) is 6.92 Å². The number of aliphatic carboxylic acids is 2. The molecule has 0 saturated heterocycles. The zero-order chi connectivity index (χ0) is 25.0. The van der Waals surface area contributed by atoms with E-state index in [1.165, 1.54) is 0 Å². The van der Waals surface area contributed by atoms with Crippen LogP contribution in [0.1, 0.15) is 38.7 Å². The molecular weight excluding hydrogens is 432 g/mol. The SMILES string of the molecule is CCC(C)C(N)C(=O)NCC(=O)NC(CCC(=O)O)C(=O)NC(Cc1ccccc1)C(=O)O. The molecule has 4 unspecified atom stereocenters. The van der Waals surface area contributed by atoms with E-state index >= 15 is 0 Å². The zero-order valence-corrected chi connectivity index (χ0v) is 18.7. The third kappa shape index (κ3) is 10.1. The van der Waals surface area contributed by atoms with Crippen molar-refractivity contribution < 1.29 is 34.2 Å². The first-order chi connectivity index (χ1) is 15.5. The average Bonchev–Trinajstić information content (AvgIpc) is 2.78. The Balaban J connectivity index is 2.78. The lowest BCUT2D eigenvalue weighted by molar-refractivity contribution is -0.143. The molecule has 1 aromatic rings. The third-order valence-corrected chi connectivity index (χ3v) is 5.18. The Morgan fingerprint density at radius 3 is 2.15 bits per heavy atom. The molecule has 0 aromatic heterocycles. The molecule has 0 aliphatic carbocycles. The van der Waals surface area contributed by atoms with Gasteiger partial charge in [0.15, 0.2) is 0 Å². The summed E-state index contributed by atoms with van der Waals surface area (Å²) in [7, 11) is 0. The van der Waals surface area contributed by atoms with Crippen LogP contribution in [0.2, 0.25) is 0 Å². The van der Waals surface area contributed by atoms with Gasteiger partial charge in [-0.25, -0.2) is 4.79 Å². The summed E-state index contributed by atoms with van der Waals surface area (Å²) >= 11 is 0. The van der Waals surface area contributed by atoms with E-state index in [0.717, 1.165) is 0 Å². The molecule has 182 valence electrons. The number of carbonyl (C=O) groups is 5. The van der Waals surface area contributed by atoms with Gasteiger partial charge in [0.25, 0.3) is 0 Å². The van der Waals surface area contributed by atoms with Crippen LogP contribution in [-0.4, -0.2) is 64.5 Å². The maximum Gasteiger partial charge on any atom is 0.326 e. The van der Waals surface area contributed by atoms with Crippen molar-refractivity contribution in [3.63, 3.8) is 0 Å². The molecule has 0 spiro atoms. The maximum absolute atomic E-state index is 12.7. The van der Waals surface area contributed by atoms with Gasteiger partial charge in [0, 0.05) is 12.8 Å². The molecule has 0 radical (unpaired) electrons. The minimum Gasteiger partial charge on any atom is -0.481 e. The van der Waals surface area contributed by atoms with Crippen LogP contribution in [0.15, 0.2) is 30.3 Å². The number of carboxylic acid groups (broad SMARTS) is 2. The summed E-state index contributed by atoms with van der Waals surface area (Å²) in [5, 5.41) is 25.5. The average molecular weight is 465 g/mol. The van der Waals surface area contributed by atoms with E-state index in [4.69, 9.17) is 10.8 Å². The molecule has 0 fully saturated rings. The van der Waals surface area contributed by atoms with Crippen LogP contribution in [0.25, 0.3) is 0 Å². The summed E-state index contributed by atoms with van der Waals surface area (Å²) < 4.78 is 0. The molecule has 4 atom stereocenters. The topological polar surface area (TPSA) is 188 Å². The second-order valence-corrected chi connectivity index (χ2v) is 7.77. The highest BCUT2D eigenvalue weighted by atomic mass is 16.4. The molecule has 7 N–H and O–H groups in total. The highest BCUT2D eigenvalue weighted by Gasteiger charge is 2.27. The number of carboxylic acids is 2. The molecule has 0 aliphatic heterocycles. The molecule has 0 bridgehead atoms. The van der Waals surface area contributed by atoms with Gasteiger partial charge in [-0.3, -0.25) is 19.2 Å². The summed E-state index contributed by atoms with van der Waals surface area (Å²) in [5.74, 6) is -4.66. The molecule has 33 heavy (non-hydrogen) atoms. The van der Waals surface area contributed by atoms with Crippen molar-refractivity contribution >= 4 is 29.7 Å². The van der Waals surface area contributed by atoms with E-state index in [1.54, 1.807) is 37.3 Å². The van der Waals surface area contributed by atoms with Crippen molar-refractivity contribution in [3.05, 3.63) is 35.9 Å². The summed E-state index contributed by atoms with van der Waals surface area (Å²) in [5.41, 5.74) is 6.48. The van der Waals surface area contributed by atoms with Crippen molar-refractivity contribution in [2.75, 3.05) is 6.54 Å². The highest BCUT2D eigenvalue weighted by molar-refractivity contribution is 5.92. The number of hydrogen-bond acceptors (Lipinski definition) is 6. The Morgan fingerprint density at radius 1 is 0.970 bits per heavy atom. The fourth-order valence-corrected chi connectivity index (χ4v) is 2.90. The molecule has 1 rings (SSSR count). The monoisotopic (exact) mass is 464 g/mol. The van der Waals surface area contributed by atoms with Crippen molar-refractivity contribution in [3.8, 4) is 0 Å². The molecular formula is C22H32N4O7. The highest BCUT2D eigenvalue weighted by Crippen LogP contribution is 2.06. The summed E-state index contributed by atoms with van der Waals surface area (Å²) in [6.07, 6.45) is -0.0119. The van der Waals surface area contributed by atoms with Gasteiger partial charge >= 0.3 is 11.9 Å². The Hall–Kier alpha value is -3.47. The predicted molar refractivity (Wildman–Crippen MR) is 119 cm³/mol. The first-order valence-electron chi connectivity index (χ1n) is 10.7. The largest absolute Gasteiger partial charge is 0.481 e. The van der Waals surface area contributed by atoms with Crippen molar-refractivity contribution in [2.24, 2.45) is 11.7 Å². The van der Waals surface area contributed by atoms with Gasteiger partial charge < -0.3 is 31.9 Å². The standard InChI is InChI=1S/C22H32N4O7/c1-3-13(2)19(23)21(31)24-12-17(27)25-15(9-10-18(28)29)20(30)26-16(22(32)33)11-14-7-5-4-6-8-14/h4-8,13,15-16,19H,3,9-12,23H2,1-2H3,(H,24,31)(H,25,27)(H,26,30)(H,28,29)(H,32,33). The number of carbonyl (C=O) groups excluding carboxylic acids is 3. The van der Waals surface area contributed by atoms with E-state index < -0.39 is 60.8 Å². The lowest BCUT2D eigenvalue weighted by Gasteiger charge is -2.22. The Labute approximate surface area is 192 Å². The number of nitrogens with one attached hydrogen (secondary N) is 3. The summed E-state index contributed by atoms with van der Waals surface area (Å²) in [6, 6.07) is 5.26. The lowest BCUT2D eigenvalue weighted by Crippen LogP contribution is -2.54. The van der Waals surface area contributed by atoms with Crippen molar-refractivity contribution in [1.29, 1.82) is 0 Å². The normalized spacial score (nSPS) is 14.3. The molecule has 0 aliphatic rings. The molecule has 0 heterocycles. The smallest absolute Gasteiger partial charge is 0.326 e. The van der Waals surface area contributed by atoms with Gasteiger partial charge in [-0.2, -0.15) is 0 Å². The fraction of sp³-hybridized carbons (Fsp3) is 0.500. The number of amides is 3. The van der Waals surface area contributed by atoms with Crippen LogP contribution < -0.4 is 21.7 Å². The maximum atomic E-state index is 12.7. The van der Waals surface area contributed by atoms with Gasteiger partial charge in [-0.05, 0) is 17.9 Å². The van der Waals surface area contributed by atoms with Crippen LogP contribution in [0, 0.1) is 5.92 Å². The van der Waals surface area contributed by atoms with Gasteiger partial charge in [0.2, 0.25) is 17.7 Å². The summed E-state index contributed by atoms with van der Waals surface area (Å²) in [6.45, 7) is 3.20. The Morgan fingerprint density at radius 2 is 1.61 bits per heavy atom. The van der Waals surface area contributed by atoms with Crippen LogP contribution in [0.4, 0.5) is 0 Å². The van der Waals surface area contributed by atoms with Gasteiger partial charge in [0.1, 0.15) is 12.1 Å². The first-order valence-corrected chi connectivity index (χ1v) is 10.7. The van der Waals surface area contributed by atoms with E-state index in [0.29, 0.717) is 12.0 Å². The minimum absolute atomic E-state index is 0.00503. The second-order valence-electron chi connectivity index (χ2n) is 7.77. The van der Waals surface area contributed by atoms with Crippen molar-refractivity contribution in [2.45, 2.75) is 57.7 Å². The Bertz CT molecular complexity index is 831. The number of nitrogens with two attached hydrogens (primary N) is 1. The Kier molecular flexibility index (Phi) is 11.6. The fourth-order valence-electron chi connectivity index (χ4n) is 2.90. The predicted octanol–water partition coefficient (Wildman–Crippen LogP) is -0.362. The zero-order valence-electron chi connectivity index (χ0n) is 18.7. The molecule has 3 amide bonds. The number of hydrogen-bond donors (Lipinski definition) is 6. The summed E-state index contributed by atoms with van der Waals surface area (Å²) in [4.78, 5) is 59.6. The van der Waals surface area contributed by atoms with Gasteiger partial charge in [-0.15, -0.1) is 0 Å². The van der Waals surface area contributed by atoms with Crippen LogP contribution in [-0.2, 0) is 30.4 Å². The quantitative estimate of drug-likeness (QED) is 0.215. The molecule has 1 aromatic carbocycles. The first kappa shape index (κ1) is 27.6. The van der Waals surface area contributed by atoms with E-state index in [9.17, 15) is 29.1 Å². The van der Waals surface area contributed by atoms with Crippen molar-refractivity contribution in [1.82, 2.24) is 16.0 Å². The molecule has 0 saturated carbocycles. The van der Waals surface area contributed by atoms with Crippen LogP contribution in [0.5, 0.6) is 0 Å². The third-order valence-electron chi connectivity index (χ3n) is 5.18. The van der Waals surface area contributed by atoms with E-state index in [-0.39, 0.29) is 18.8 Å². The number of benzene rings is 1. The van der Waals surface area contributed by atoms with Gasteiger partial charge in [-0.1, -0.05) is 50.6 Å². The number of rotatable bonds is 14. The van der Waals surface area contributed by atoms with Crippen LogP contribution in [0.3, 0.4) is 0 Å². The van der Waals surface area contributed by atoms with E-state index in [2.05, 4.69) is 16.0 Å². The van der Waals surface area contributed by atoms with Crippen LogP contribution >= 0.6 is 0 Å². The molecule has 11 nitrogen and oxygen atoms in total. The van der Waals surface area contributed by atoms with Gasteiger partial charge in [0.05, 0.1) is 12.6 Å². The second kappa shape index (κ2) is 13.8.